The van der Waals surface area contributed by atoms with Gasteiger partial charge < -0.3 is 20.6 Å². The van der Waals surface area contributed by atoms with Crippen molar-refractivity contribution in [2.45, 2.75) is 22.7 Å². The summed E-state index contributed by atoms with van der Waals surface area (Å²) in [5, 5.41) is 12.8. The van der Waals surface area contributed by atoms with Crippen LogP contribution in [0.2, 0.25) is 0 Å². The number of β-lactam (4-membered cyclic amide) rings is 1. The van der Waals surface area contributed by atoms with Crippen molar-refractivity contribution in [1.82, 2.24) is 30.0 Å². The predicted octanol–water partition coefficient (Wildman–Crippen LogP) is 4.79. The third-order valence-electron chi connectivity index (χ3n) is 8.32. The molecule has 2 amide bonds. The zero-order chi connectivity index (χ0) is 37.1. The van der Waals surface area contributed by atoms with Crippen LogP contribution in [0.15, 0.2) is 112 Å². The maximum absolute atomic E-state index is 14.4. The number of hydrogen-bond acceptors (Lipinski definition) is 13. The van der Waals surface area contributed by atoms with Crippen LogP contribution >= 0.6 is 34.9 Å². The number of oxime groups is 1. The molecular formula is C36H31FN8O5S3. The maximum atomic E-state index is 14.4. The van der Waals surface area contributed by atoms with Crippen LogP contribution in [0.5, 0.6) is 0 Å². The van der Waals surface area contributed by atoms with Crippen molar-refractivity contribution < 1.29 is 28.3 Å². The number of thioether (sulfide) groups is 2. The molecule has 5 aromatic rings. The molecule has 0 radical (unpaired) electrons. The van der Waals surface area contributed by atoms with Crippen molar-refractivity contribution in [1.29, 1.82) is 0 Å². The number of nitrogens with two attached hydrogens (primary N) is 1. The van der Waals surface area contributed by atoms with E-state index in [4.69, 9.17) is 15.3 Å². The highest BCUT2D eigenvalue weighted by atomic mass is 32.2. The first-order chi connectivity index (χ1) is 25.7. The monoisotopic (exact) mass is 770 g/mol. The number of anilines is 1. The SMILES string of the molecule is CO/N=C(/C(=O)N[C@@H]1C(=O)N2C(C(=O)OC(c3ccccc3)c3ccccc3)=C(CSc3nc(-c4ccc(F)cc4)nn3C)CSC12)c1csc(N)n1. The van der Waals surface area contributed by atoms with Crippen molar-refractivity contribution in [3.05, 3.63) is 124 Å². The molecule has 0 spiro atoms. The number of nitrogens with one attached hydrogen (secondary N) is 1. The molecule has 270 valence electrons. The van der Waals surface area contributed by atoms with Crippen LogP contribution in [0.25, 0.3) is 11.4 Å². The Morgan fingerprint density at radius 3 is 2.36 bits per heavy atom. The van der Waals surface area contributed by atoms with Gasteiger partial charge in [-0.25, -0.2) is 23.8 Å². The molecule has 3 N–H and O–H groups in total. The highest BCUT2D eigenvalue weighted by molar-refractivity contribution is 8.01. The van der Waals surface area contributed by atoms with Crippen LogP contribution in [0.3, 0.4) is 0 Å². The van der Waals surface area contributed by atoms with Crippen LogP contribution in [-0.2, 0) is 31.0 Å². The minimum absolute atomic E-state index is 0.104. The zero-order valence-corrected chi connectivity index (χ0v) is 30.7. The second-order valence-electron chi connectivity index (χ2n) is 11.8. The van der Waals surface area contributed by atoms with Gasteiger partial charge in [-0.1, -0.05) is 77.6 Å². The molecule has 0 saturated carbocycles. The van der Waals surface area contributed by atoms with E-state index in [-0.39, 0.29) is 33.8 Å². The molecule has 2 aromatic heterocycles. The summed E-state index contributed by atoms with van der Waals surface area (Å²) in [6, 6.07) is 23.6. The number of carbonyl (C=O) groups excluding carboxylic acids is 3. The van der Waals surface area contributed by atoms with Gasteiger partial charge >= 0.3 is 5.97 Å². The van der Waals surface area contributed by atoms with Crippen molar-refractivity contribution in [3.63, 3.8) is 0 Å². The number of nitrogen functional groups attached to an aromatic ring is 1. The number of carbonyl (C=O) groups is 3. The summed E-state index contributed by atoms with van der Waals surface area (Å²) in [6.45, 7) is 0. The number of esters is 1. The van der Waals surface area contributed by atoms with Gasteiger partial charge in [0.15, 0.2) is 27.9 Å². The molecule has 7 rings (SSSR count). The van der Waals surface area contributed by atoms with Crippen molar-refractivity contribution in [2.75, 3.05) is 24.3 Å². The van der Waals surface area contributed by atoms with Crippen LogP contribution < -0.4 is 11.1 Å². The molecule has 2 aliphatic heterocycles. The summed E-state index contributed by atoms with van der Waals surface area (Å²) in [5.74, 6) is -1.18. The third kappa shape index (κ3) is 7.53. The normalized spacial score (nSPS) is 17.0. The molecular weight excluding hydrogens is 740 g/mol. The van der Waals surface area contributed by atoms with Crippen LogP contribution in [0, 0.1) is 5.82 Å². The molecule has 3 aromatic carbocycles. The average molecular weight is 771 g/mol. The van der Waals surface area contributed by atoms with Crippen LogP contribution in [0.4, 0.5) is 9.52 Å². The number of hydrogen-bond donors (Lipinski definition) is 2. The summed E-state index contributed by atoms with van der Waals surface area (Å²) >= 11 is 3.87. The molecule has 0 aliphatic carbocycles. The Bertz CT molecular complexity index is 2170. The van der Waals surface area contributed by atoms with E-state index in [0.717, 1.165) is 22.5 Å². The molecule has 13 nitrogen and oxygen atoms in total. The average Bonchev–Trinajstić information content (AvgIpc) is 3.78. The molecule has 1 saturated heterocycles. The smallest absolute Gasteiger partial charge is 0.356 e. The Morgan fingerprint density at radius 2 is 1.74 bits per heavy atom. The minimum Gasteiger partial charge on any atom is -0.448 e. The number of ether oxygens (including phenoxy) is 1. The quantitative estimate of drug-likeness (QED) is 0.0589. The van der Waals surface area contributed by atoms with Gasteiger partial charge in [-0.2, -0.15) is 5.10 Å². The largest absolute Gasteiger partial charge is 0.448 e. The zero-order valence-electron chi connectivity index (χ0n) is 28.2. The molecule has 2 atom stereocenters. The number of rotatable bonds is 12. The number of fused-ring (bicyclic) bond motifs is 1. The highest BCUT2D eigenvalue weighted by Gasteiger charge is 2.55. The lowest BCUT2D eigenvalue weighted by molar-refractivity contribution is -0.154. The Balaban J connectivity index is 1.18. The Morgan fingerprint density at radius 1 is 1.06 bits per heavy atom. The van der Waals surface area contributed by atoms with Gasteiger partial charge in [0, 0.05) is 29.5 Å². The fraction of sp³-hybridized carbons (Fsp3) is 0.194. The fourth-order valence-electron chi connectivity index (χ4n) is 5.80. The molecule has 4 heterocycles. The topological polar surface area (TPSA) is 167 Å². The second kappa shape index (κ2) is 15.6. The fourth-order valence-corrected chi connectivity index (χ4v) is 8.74. The molecule has 53 heavy (non-hydrogen) atoms. The lowest BCUT2D eigenvalue weighted by atomic mass is 10.0. The number of aromatic nitrogens is 4. The van der Waals surface area contributed by atoms with Gasteiger partial charge in [-0.3, -0.25) is 14.5 Å². The van der Waals surface area contributed by atoms with Crippen molar-refractivity contribution in [3.8, 4) is 11.4 Å². The van der Waals surface area contributed by atoms with Gasteiger partial charge in [-0.05, 0) is 41.0 Å². The summed E-state index contributed by atoms with van der Waals surface area (Å²) in [5.41, 5.74) is 8.74. The van der Waals surface area contributed by atoms with Gasteiger partial charge in [0.1, 0.15) is 35.7 Å². The van der Waals surface area contributed by atoms with E-state index in [9.17, 15) is 18.8 Å². The first kappa shape index (κ1) is 35.9. The number of amides is 2. The Kier molecular flexibility index (Phi) is 10.6. The minimum atomic E-state index is -0.974. The van der Waals surface area contributed by atoms with E-state index in [2.05, 4.69) is 25.5 Å². The second-order valence-corrected chi connectivity index (χ2v) is 14.7. The molecule has 0 bridgehead atoms. The van der Waals surface area contributed by atoms with Crippen LogP contribution in [-0.4, -0.2) is 78.2 Å². The van der Waals surface area contributed by atoms with E-state index in [1.807, 2.05) is 60.7 Å². The first-order valence-corrected chi connectivity index (χ1v) is 19.0. The summed E-state index contributed by atoms with van der Waals surface area (Å²) < 4.78 is 21.4. The van der Waals surface area contributed by atoms with E-state index in [1.165, 1.54) is 47.7 Å². The predicted molar refractivity (Wildman–Crippen MR) is 200 cm³/mol. The highest BCUT2D eigenvalue weighted by Crippen LogP contribution is 2.43. The number of aryl methyl sites for hydroxylation is 1. The number of thiazole rings is 1. The summed E-state index contributed by atoms with van der Waals surface area (Å²) in [7, 11) is 3.04. The molecule has 1 fully saturated rings. The standard InChI is InChI=1S/C36H31FN8O5S3/c1-44-36(41-30(42-44)22-13-15-24(37)16-14-22)53-18-23-17-51-33-27(40-31(46)26(43-49-2)25-19-52-35(38)39-25)32(47)45(33)28(23)34(48)50-29(20-9-5-3-6-10-20)21-11-7-4-8-12-21/h3-16,19,27,29,33H,17-18H2,1-2H3,(H2,38,39)(H,40,46)/b43-26+/t27-,33?/m1/s1. The van der Waals surface area contributed by atoms with E-state index >= 15 is 0 Å². The lowest BCUT2D eigenvalue weighted by Crippen LogP contribution is -2.71. The molecule has 17 heteroatoms. The Hall–Kier alpha value is -5.52. The van der Waals surface area contributed by atoms with Crippen molar-refractivity contribution in [2.24, 2.45) is 12.2 Å². The van der Waals surface area contributed by atoms with Gasteiger partial charge in [0.05, 0.1) is 0 Å². The van der Waals surface area contributed by atoms with E-state index in [0.29, 0.717) is 27.9 Å². The van der Waals surface area contributed by atoms with E-state index in [1.54, 1.807) is 29.2 Å². The Labute approximate surface area is 315 Å². The lowest BCUT2D eigenvalue weighted by Gasteiger charge is -2.49. The van der Waals surface area contributed by atoms with Gasteiger partial charge in [0.25, 0.3) is 11.8 Å². The van der Waals surface area contributed by atoms with Crippen molar-refractivity contribution >= 4 is 63.5 Å². The number of nitrogens with zero attached hydrogens (tertiary/aromatic N) is 6. The van der Waals surface area contributed by atoms with E-state index < -0.39 is 35.3 Å². The summed E-state index contributed by atoms with van der Waals surface area (Å²) in [6.07, 6.45) is -0.762. The maximum Gasteiger partial charge on any atom is 0.356 e. The number of benzene rings is 3. The summed E-state index contributed by atoms with van der Waals surface area (Å²) in [4.78, 5) is 56.8. The number of halogens is 1. The molecule has 1 unspecified atom stereocenters. The van der Waals surface area contributed by atoms with Gasteiger partial charge in [0.2, 0.25) is 0 Å². The van der Waals surface area contributed by atoms with Crippen LogP contribution in [0.1, 0.15) is 22.9 Å². The first-order valence-electron chi connectivity index (χ1n) is 16.1. The third-order valence-corrected chi connectivity index (χ3v) is 11.4. The molecule has 2 aliphatic rings. The van der Waals surface area contributed by atoms with Gasteiger partial charge in [-0.15, -0.1) is 23.1 Å².